The SMILES string of the molecule is O.[Dy+3].[F-].[F-].[F-]. The first-order valence-corrected chi connectivity index (χ1v) is 0. The molecular formula is H2DyF3O. The van der Waals surface area contributed by atoms with Gasteiger partial charge in [-0.3, -0.25) is 0 Å². The maximum Gasteiger partial charge on any atom is 3.00 e. The summed E-state index contributed by atoms with van der Waals surface area (Å²) in [5, 5.41) is 0. The van der Waals surface area contributed by atoms with Crippen molar-refractivity contribution in [2.45, 2.75) is 0 Å². The molecule has 39 valence electrons. The normalized spacial score (nSPS) is 0. The van der Waals surface area contributed by atoms with Crippen molar-refractivity contribution in [1.82, 2.24) is 0 Å². The Kier molecular flexibility index (Phi) is 2260. The van der Waals surface area contributed by atoms with E-state index in [1.807, 2.05) is 0 Å². The minimum absolute atomic E-state index is 0. The van der Waals surface area contributed by atoms with E-state index in [-0.39, 0.29) is 57.8 Å². The predicted molar refractivity (Wildman–Crippen MR) is 3.61 cm³/mol. The summed E-state index contributed by atoms with van der Waals surface area (Å²) in [4.78, 5) is 0. The van der Waals surface area contributed by atoms with Crippen LogP contribution < -0.4 is 14.1 Å². The fraction of sp³-hybridized carbons (Fsp3) is 0. The van der Waals surface area contributed by atoms with E-state index in [9.17, 15) is 0 Å². The molecule has 0 aliphatic heterocycles. The third kappa shape index (κ3) is 43.9. The molecule has 0 aliphatic carbocycles. The van der Waals surface area contributed by atoms with Crippen molar-refractivity contribution in [3.63, 3.8) is 0 Å². The zero-order valence-corrected chi connectivity index (χ0v) is 3.98. The second kappa shape index (κ2) is 77.7. The van der Waals surface area contributed by atoms with Crippen molar-refractivity contribution in [1.29, 1.82) is 0 Å². The van der Waals surface area contributed by atoms with Crippen LogP contribution in [0.4, 0.5) is 0 Å². The van der Waals surface area contributed by atoms with Gasteiger partial charge >= 0.3 is 38.2 Å². The van der Waals surface area contributed by atoms with Gasteiger partial charge in [0.1, 0.15) is 0 Å². The summed E-state index contributed by atoms with van der Waals surface area (Å²) >= 11 is 0. The Morgan fingerprint density at radius 3 is 0.600 bits per heavy atom. The first-order chi connectivity index (χ1) is 0. The Morgan fingerprint density at radius 2 is 0.600 bits per heavy atom. The Morgan fingerprint density at radius 1 is 0.600 bits per heavy atom. The van der Waals surface area contributed by atoms with E-state index in [2.05, 4.69) is 0 Å². The zero-order chi connectivity index (χ0) is 0. The van der Waals surface area contributed by atoms with E-state index in [1.165, 1.54) is 0 Å². The zero-order valence-electron chi connectivity index (χ0n) is 1.95. The van der Waals surface area contributed by atoms with E-state index in [0.29, 0.717) is 0 Å². The van der Waals surface area contributed by atoms with Gasteiger partial charge in [0.15, 0.2) is 0 Å². The summed E-state index contributed by atoms with van der Waals surface area (Å²) in [6.45, 7) is 0. The molecule has 0 aromatic carbocycles. The molecule has 0 aromatic heterocycles. The van der Waals surface area contributed by atoms with Gasteiger partial charge in [0.05, 0.1) is 0 Å². The summed E-state index contributed by atoms with van der Waals surface area (Å²) in [5.74, 6) is 0. The van der Waals surface area contributed by atoms with Crippen LogP contribution in [0, 0.1) is 38.2 Å². The van der Waals surface area contributed by atoms with Crippen molar-refractivity contribution in [3.8, 4) is 0 Å². The number of rotatable bonds is 0. The largest absolute Gasteiger partial charge is 3.00 e. The van der Waals surface area contributed by atoms with Crippen LogP contribution in [0.1, 0.15) is 0 Å². The van der Waals surface area contributed by atoms with E-state index in [1.54, 1.807) is 0 Å². The van der Waals surface area contributed by atoms with Crippen LogP contribution in [-0.4, -0.2) is 5.48 Å². The minimum Gasteiger partial charge on any atom is -1.00 e. The van der Waals surface area contributed by atoms with Crippen molar-refractivity contribution in [3.05, 3.63) is 0 Å². The molecule has 0 aromatic rings. The third-order valence-corrected chi connectivity index (χ3v) is 0. The van der Waals surface area contributed by atoms with E-state index in [0.717, 1.165) is 0 Å². The molecule has 2 N–H and O–H groups in total. The Labute approximate surface area is 57.6 Å². The molecule has 0 saturated carbocycles. The van der Waals surface area contributed by atoms with E-state index < -0.39 is 0 Å². The standard InChI is InChI=1S/Dy.3FH.H2O/h;3*1H;1H2/q+3;;;;/p-3. The van der Waals surface area contributed by atoms with E-state index >= 15 is 0 Å². The van der Waals surface area contributed by atoms with Gasteiger partial charge in [0.2, 0.25) is 0 Å². The van der Waals surface area contributed by atoms with Crippen LogP contribution in [0.15, 0.2) is 0 Å². The van der Waals surface area contributed by atoms with Crippen molar-refractivity contribution >= 4 is 0 Å². The monoisotopic (exact) mass is 239 g/mol. The molecule has 0 atom stereocenters. The van der Waals surface area contributed by atoms with Crippen LogP contribution in [0.25, 0.3) is 0 Å². The van der Waals surface area contributed by atoms with Crippen molar-refractivity contribution in [2.24, 2.45) is 0 Å². The molecule has 1 radical (unpaired) electrons. The first kappa shape index (κ1) is 145. The van der Waals surface area contributed by atoms with Gasteiger partial charge in [-0.15, -0.1) is 0 Å². The van der Waals surface area contributed by atoms with Crippen LogP contribution in [0.2, 0.25) is 0 Å². The van der Waals surface area contributed by atoms with Crippen LogP contribution in [0.3, 0.4) is 0 Å². The molecular weight excluding hydrogens is 235 g/mol. The maximum atomic E-state index is 0. The molecule has 0 spiro atoms. The second-order valence-corrected chi connectivity index (χ2v) is 0. The van der Waals surface area contributed by atoms with Crippen molar-refractivity contribution < 1.29 is 57.8 Å². The Hall–Kier alpha value is 1.02. The Bertz CT molecular complexity index is 6.85. The van der Waals surface area contributed by atoms with Gasteiger partial charge < -0.3 is 19.6 Å². The van der Waals surface area contributed by atoms with Crippen LogP contribution in [-0.2, 0) is 0 Å². The molecule has 0 fully saturated rings. The fourth-order valence-electron chi connectivity index (χ4n) is 0. The van der Waals surface area contributed by atoms with E-state index in [4.69, 9.17) is 0 Å². The minimum atomic E-state index is 0. The molecule has 5 heteroatoms. The van der Waals surface area contributed by atoms with Gasteiger partial charge in [0, 0.05) is 0 Å². The molecule has 5 heavy (non-hydrogen) atoms. The van der Waals surface area contributed by atoms with Crippen LogP contribution >= 0.6 is 0 Å². The summed E-state index contributed by atoms with van der Waals surface area (Å²) in [6, 6.07) is 0. The Balaban J connectivity index is 0. The predicted octanol–water partition coefficient (Wildman–Crippen LogP) is -9.81. The van der Waals surface area contributed by atoms with Gasteiger partial charge in [-0.25, -0.2) is 0 Å². The summed E-state index contributed by atoms with van der Waals surface area (Å²) < 4.78 is 0. The molecule has 1 nitrogen and oxygen atoms in total. The van der Waals surface area contributed by atoms with Gasteiger partial charge in [-0.1, -0.05) is 0 Å². The summed E-state index contributed by atoms with van der Waals surface area (Å²) in [5.41, 5.74) is 0. The molecule has 0 amide bonds. The quantitative estimate of drug-likeness (QED) is 0.401. The number of halogens is 3. The summed E-state index contributed by atoms with van der Waals surface area (Å²) in [7, 11) is 0. The van der Waals surface area contributed by atoms with Gasteiger partial charge in [0.25, 0.3) is 0 Å². The van der Waals surface area contributed by atoms with Gasteiger partial charge in [-0.05, 0) is 0 Å². The second-order valence-electron chi connectivity index (χ2n) is 0. The molecule has 0 bridgehead atoms. The third-order valence-electron chi connectivity index (χ3n) is 0. The fourth-order valence-corrected chi connectivity index (χ4v) is 0. The topological polar surface area (TPSA) is 31.5 Å². The average Bonchev–Trinajstić information content (AvgIpc) is 0. The number of hydrogen-bond acceptors (Lipinski definition) is 0. The molecule has 0 aliphatic rings. The van der Waals surface area contributed by atoms with Crippen molar-refractivity contribution in [2.75, 3.05) is 0 Å². The maximum absolute atomic E-state index is 0. The average molecular weight is 238 g/mol. The first-order valence-electron chi connectivity index (χ1n) is 0. The summed E-state index contributed by atoms with van der Waals surface area (Å²) in [6.07, 6.45) is 0. The molecule has 0 unspecified atom stereocenters. The number of hydrogen-bond donors (Lipinski definition) is 0. The molecule has 0 rings (SSSR count). The van der Waals surface area contributed by atoms with Crippen LogP contribution in [0.5, 0.6) is 0 Å². The molecule has 0 saturated heterocycles. The van der Waals surface area contributed by atoms with Gasteiger partial charge in [-0.2, -0.15) is 0 Å². The smallest absolute Gasteiger partial charge is 1.00 e. The molecule has 0 heterocycles.